The summed E-state index contributed by atoms with van der Waals surface area (Å²) in [5, 5.41) is 1.04. The monoisotopic (exact) mass is 370 g/mol. The number of aryl methyl sites for hydroxylation is 1. The van der Waals surface area contributed by atoms with Gasteiger partial charge in [-0.25, -0.2) is 4.79 Å². The van der Waals surface area contributed by atoms with Gasteiger partial charge in [0, 0.05) is 0 Å². The molecule has 0 radical (unpaired) electrons. The van der Waals surface area contributed by atoms with Gasteiger partial charge in [-0.05, 0) is 66.4 Å². The third-order valence-corrected chi connectivity index (χ3v) is 5.31. The molecule has 0 heterocycles. The first-order chi connectivity index (χ1) is 12.5. The van der Waals surface area contributed by atoms with Crippen LogP contribution >= 0.6 is 9.24 Å². The van der Waals surface area contributed by atoms with Crippen molar-refractivity contribution in [2.75, 3.05) is 0 Å². The van der Waals surface area contributed by atoms with Crippen LogP contribution in [0, 0.1) is 6.92 Å². The Balaban J connectivity index is 0.000000758. The van der Waals surface area contributed by atoms with Crippen LogP contribution in [0.15, 0.2) is 42.5 Å². The Hall–Kier alpha value is -1.66. The van der Waals surface area contributed by atoms with Crippen LogP contribution < -0.4 is 10.0 Å². The van der Waals surface area contributed by atoms with Crippen LogP contribution in [0.4, 0.5) is 0 Å². The van der Waals surface area contributed by atoms with E-state index in [1.54, 1.807) is 0 Å². The SMILES string of the molecule is CCC.Cc1ccc(OC(=O)c2ccc(C3CCCCC3)cc2)cc1P. The molecule has 3 heteroatoms. The van der Waals surface area contributed by atoms with Gasteiger partial charge >= 0.3 is 5.97 Å². The van der Waals surface area contributed by atoms with Crippen LogP contribution in [0.2, 0.25) is 0 Å². The molecule has 3 rings (SSSR count). The van der Waals surface area contributed by atoms with Crippen LogP contribution in [0.1, 0.15) is 79.8 Å². The zero-order chi connectivity index (χ0) is 18.9. The Labute approximate surface area is 160 Å². The Morgan fingerprint density at radius 3 is 2.23 bits per heavy atom. The minimum absolute atomic E-state index is 0.298. The zero-order valence-electron chi connectivity index (χ0n) is 16.3. The topological polar surface area (TPSA) is 26.3 Å². The minimum atomic E-state index is -0.298. The van der Waals surface area contributed by atoms with Crippen LogP contribution in [0.5, 0.6) is 5.75 Å². The molecule has 26 heavy (non-hydrogen) atoms. The van der Waals surface area contributed by atoms with Gasteiger partial charge in [0.15, 0.2) is 0 Å². The lowest BCUT2D eigenvalue weighted by atomic mass is 9.84. The van der Waals surface area contributed by atoms with Crippen molar-refractivity contribution in [3.63, 3.8) is 0 Å². The minimum Gasteiger partial charge on any atom is -0.423 e. The van der Waals surface area contributed by atoms with E-state index in [9.17, 15) is 4.79 Å². The van der Waals surface area contributed by atoms with E-state index in [-0.39, 0.29) is 5.97 Å². The average Bonchev–Trinajstić information content (AvgIpc) is 2.66. The fourth-order valence-corrected chi connectivity index (χ4v) is 3.44. The van der Waals surface area contributed by atoms with E-state index in [4.69, 9.17) is 4.74 Å². The molecule has 2 aromatic carbocycles. The first-order valence-corrected chi connectivity index (χ1v) is 10.3. The van der Waals surface area contributed by atoms with Gasteiger partial charge in [0.2, 0.25) is 0 Å². The van der Waals surface area contributed by atoms with Crippen molar-refractivity contribution in [3.05, 3.63) is 59.2 Å². The summed E-state index contributed by atoms with van der Waals surface area (Å²) in [6.07, 6.45) is 7.78. The van der Waals surface area contributed by atoms with Crippen molar-refractivity contribution in [1.82, 2.24) is 0 Å². The lowest BCUT2D eigenvalue weighted by Gasteiger charge is -2.22. The normalized spacial score (nSPS) is 14.3. The molecule has 140 valence electrons. The number of rotatable bonds is 3. The fourth-order valence-electron chi connectivity index (χ4n) is 3.18. The van der Waals surface area contributed by atoms with Crippen LogP contribution in [-0.4, -0.2) is 5.97 Å². The molecule has 0 amide bonds. The summed E-state index contributed by atoms with van der Waals surface area (Å²) in [6, 6.07) is 13.6. The predicted molar refractivity (Wildman–Crippen MR) is 114 cm³/mol. The number of carbonyl (C=O) groups is 1. The summed E-state index contributed by atoms with van der Waals surface area (Å²) >= 11 is 0. The second-order valence-corrected chi connectivity index (χ2v) is 7.69. The van der Waals surface area contributed by atoms with E-state index >= 15 is 0 Å². The molecule has 2 aromatic rings. The van der Waals surface area contributed by atoms with E-state index in [1.807, 2.05) is 37.3 Å². The van der Waals surface area contributed by atoms with Gasteiger partial charge in [0.05, 0.1) is 5.56 Å². The second-order valence-electron chi connectivity index (χ2n) is 7.07. The van der Waals surface area contributed by atoms with Gasteiger partial charge in [-0.2, -0.15) is 0 Å². The Morgan fingerprint density at radius 1 is 1.04 bits per heavy atom. The zero-order valence-corrected chi connectivity index (χ0v) is 17.4. The molecule has 1 atom stereocenters. The summed E-state index contributed by atoms with van der Waals surface area (Å²) in [6.45, 7) is 6.28. The van der Waals surface area contributed by atoms with E-state index in [1.165, 1.54) is 44.1 Å². The molecule has 0 bridgehead atoms. The van der Waals surface area contributed by atoms with Crippen molar-refractivity contribution >= 4 is 20.5 Å². The maximum absolute atomic E-state index is 12.3. The van der Waals surface area contributed by atoms with E-state index < -0.39 is 0 Å². The molecule has 1 unspecified atom stereocenters. The highest BCUT2D eigenvalue weighted by atomic mass is 31.0. The molecule has 1 saturated carbocycles. The van der Waals surface area contributed by atoms with Gasteiger partial charge in [0.25, 0.3) is 0 Å². The summed E-state index contributed by atoms with van der Waals surface area (Å²) in [7, 11) is 2.66. The van der Waals surface area contributed by atoms with Crippen molar-refractivity contribution in [2.45, 2.75) is 65.2 Å². The van der Waals surface area contributed by atoms with E-state index in [2.05, 4.69) is 35.2 Å². The van der Waals surface area contributed by atoms with E-state index in [0.717, 1.165) is 10.9 Å². The van der Waals surface area contributed by atoms with Crippen LogP contribution in [0.25, 0.3) is 0 Å². The maximum atomic E-state index is 12.3. The molecule has 1 fully saturated rings. The summed E-state index contributed by atoms with van der Waals surface area (Å²) < 4.78 is 5.47. The molecule has 0 N–H and O–H groups in total. The molecule has 0 aliphatic heterocycles. The second kappa shape index (κ2) is 10.5. The van der Waals surface area contributed by atoms with Gasteiger partial charge in [0.1, 0.15) is 5.75 Å². The molecule has 1 aliphatic rings. The lowest BCUT2D eigenvalue weighted by Crippen LogP contribution is -2.10. The van der Waals surface area contributed by atoms with Crippen molar-refractivity contribution in [2.24, 2.45) is 0 Å². The van der Waals surface area contributed by atoms with Gasteiger partial charge in [-0.1, -0.05) is 57.7 Å². The molecule has 0 saturated heterocycles. The van der Waals surface area contributed by atoms with E-state index in [0.29, 0.717) is 17.2 Å². The number of benzene rings is 2. The van der Waals surface area contributed by atoms with Crippen molar-refractivity contribution in [3.8, 4) is 5.75 Å². The van der Waals surface area contributed by atoms with Crippen molar-refractivity contribution in [1.29, 1.82) is 0 Å². The van der Waals surface area contributed by atoms with Gasteiger partial charge in [-0.3, -0.25) is 0 Å². The average molecular weight is 370 g/mol. The third-order valence-electron chi connectivity index (χ3n) is 4.68. The molecule has 0 aromatic heterocycles. The van der Waals surface area contributed by atoms with Crippen LogP contribution in [0.3, 0.4) is 0 Å². The molecule has 2 nitrogen and oxygen atoms in total. The Kier molecular flexibility index (Phi) is 8.32. The fraction of sp³-hybridized carbons (Fsp3) is 0.435. The first kappa shape index (κ1) is 20.6. The standard InChI is InChI=1S/C20H23O2P.C3H8/c1-14-7-12-18(13-19(14)23)22-20(21)17-10-8-16(9-11-17)15-5-3-2-4-6-15;1-3-2/h7-13,15H,2-6,23H2,1H3;3H2,1-2H3. The quantitative estimate of drug-likeness (QED) is 0.366. The Bertz CT molecular complexity index is 701. The number of hydrogen-bond acceptors (Lipinski definition) is 2. The number of hydrogen-bond donors (Lipinski definition) is 0. The van der Waals surface area contributed by atoms with Crippen molar-refractivity contribution < 1.29 is 9.53 Å². The predicted octanol–water partition coefficient (Wildman–Crippen LogP) is 6.18. The number of carbonyl (C=O) groups excluding carboxylic acids is 1. The molecule has 0 spiro atoms. The highest BCUT2D eigenvalue weighted by molar-refractivity contribution is 7.27. The smallest absolute Gasteiger partial charge is 0.343 e. The number of esters is 1. The summed E-state index contributed by atoms with van der Waals surface area (Å²) in [4.78, 5) is 12.3. The highest BCUT2D eigenvalue weighted by Crippen LogP contribution is 2.32. The van der Waals surface area contributed by atoms with Gasteiger partial charge in [-0.15, -0.1) is 9.24 Å². The maximum Gasteiger partial charge on any atom is 0.343 e. The first-order valence-electron chi connectivity index (χ1n) is 9.73. The Morgan fingerprint density at radius 2 is 1.65 bits per heavy atom. The molecule has 1 aliphatic carbocycles. The summed E-state index contributed by atoms with van der Waals surface area (Å²) in [5.74, 6) is 0.945. The molecular formula is C23H31O2P. The number of ether oxygens (including phenoxy) is 1. The van der Waals surface area contributed by atoms with Crippen LogP contribution in [-0.2, 0) is 0 Å². The summed E-state index contributed by atoms with van der Waals surface area (Å²) in [5.41, 5.74) is 3.12. The highest BCUT2D eigenvalue weighted by Gasteiger charge is 2.16. The lowest BCUT2D eigenvalue weighted by molar-refractivity contribution is 0.0735. The van der Waals surface area contributed by atoms with Gasteiger partial charge < -0.3 is 4.74 Å². The third kappa shape index (κ3) is 5.95. The largest absolute Gasteiger partial charge is 0.423 e. The molecular weight excluding hydrogens is 339 g/mol.